The molecule has 4 atom stereocenters. The highest BCUT2D eigenvalue weighted by molar-refractivity contribution is 6.02. The maximum Gasteiger partial charge on any atom is 0.249 e. The number of aliphatic hydroxyl groups excluding tert-OH is 1. The van der Waals surface area contributed by atoms with Gasteiger partial charge in [-0.3, -0.25) is 19.7 Å². The second-order valence-corrected chi connectivity index (χ2v) is 16.9. The molecule has 0 aromatic rings. The van der Waals surface area contributed by atoms with Crippen LogP contribution in [-0.4, -0.2) is 98.1 Å². The minimum absolute atomic E-state index is 0.0100. The lowest BCUT2D eigenvalue weighted by Gasteiger charge is -2.39. The summed E-state index contributed by atoms with van der Waals surface area (Å²) in [5, 5.41) is 16.3. The van der Waals surface area contributed by atoms with Crippen molar-refractivity contribution >= 4 is 17.7 Å². The first-order valence-electron chi connectivity index (χ1n) is 21.5. The van der Waals surface area contributed by atoms with Gasteiger partial charge in [0.15, 0.2) is 0 Å². The van der Waals surface area contributed by atoms with Gasteiger partial charge in [0.1, 0.15) is 6.04 Å². The molecule has 6 rings (SSSR count). The number of hydrogen-bond donors (Lipinski definition) is 3. The molecule has 10 nitrogen and oxygen atoms in total. The Hall–Kier alpha value is -1.85. The van der Waals surface area contributed by atoms with Crippen LogP contribution < -0.4 is 10.6 Å². The second kappa shape index (κ2) is 20.2. The van der Waals surface area contributed by atoms with Crippen molar-refractivity contribution in [2.24, 2.45) is 29.6 Å². The fraction of sp³-hybridized carbons (Fsp3) is 0.881. The van der Waals surface area contributed by atoms with Gasteiger partial charge in [0.25, 0.3) is 0 Å². The minimum Gasteiger partial charge on any atom is -0.393 e. The number of amides is 3. The van der Waals surface area contributed by atoms with Gasteiger partial charge in [0.05, 0.1) is 38.6 Å². The molecule has 0 radical (unpaired) electrons. The number of rotatable bonds is 17. The molecule has 2 saturated heterocycles. The van der Waals surface area contributed by atoms with Crippen LogP contribution in [0, 0.1) is 29.6 Å². The monoisotopic (exact) mass is 728 g/mol. The zero-order valence-electron chi connectivity index (χ0n) is 32.1. The van der Waals surface area contributed by atoms with E-state index in [-0.39, 0.29) is 35.7 Å². The van der Waals surface area contributed by atoms with Crippen LogP contribution in [0.5, 0.6) is 0 Å². The number of nitrogens with one attached hydrogen (secondary N) is 2. The van der Waals surface area contributed by atoms with Crippen molar-refractivity contribution in [1.82, 2.24) is 15.5 Å². The Morgan fingerprint density at radius 1 is 0.788 bits per heavy atom. The summed E-state index contributed by atoms with van der Waals surface area (Å²) in [6.45, 7) is 7.01. The van der Waals surface area contributed by atoms with Crippen LogP contribution in [-0.2, 0) is 28.6 Å². The Balaban J connectivity index is 0.797. The molecule has 0 spiro atoms. The number of ether oxygens (including phenoxy) is 3. The maximum absolute atomic E-state index is 13.0. The molecule has 2 heterocycles. The SMILES string of the molecule is CC/C(=C(\C1CCC(O)CC1)C1CCC(OCCOCCOCCCNC2CCC3C(=O)N(C4CCC(=O)NC4=O)CC3C2)CC1)C1CCCCC1. The quantitative estimate of drug-likeness (QED) is 0.0970. The zero-order valence-corrected chi connectivity index (χ0v) is 32.1. The molecule has 10 heteroatoms. The number of imide groups is 1. The molecule has 0 bridgehead atoms. The summed E-state index contributed by atoms with van der Waals surface area (Å²) < 4.78 is 18.0. The lowest BCUT2D eigenvalue weighted by atomic mass is 9.68. The van der Waals surface area contributed by atoms with Crippen molar-refractivity contribution in [2.45, 2.75) is 160 Å². The Bertz CT molecular complexity index is 1190. The number of likely N-dealkylation sites (tertiary alicyclic amines) is 1. The molecular formula is C42H69N3O7. The molecule has 3 N–H and O–H groups in total. The van der Waals surface area contributed by atoms with Crippen LogP contribution in [0.2, 0.25) is 0 Å². The van der Waals surface area contributed by atoms with Crippen LogP contribution in [0.4, 0.5) is 0 Å². The Morgan fingerprint density at radius 2 is 1.48 bits per heavy atom. The fourth-order valence-electron chi connectivity index (χ4n) is 10.8. The van der Waals surface area contributed by atoms with Gasteiger partial charge in [0.2, 0.25) is 17.7 Å². The second-order valence-electron chi connectivity index (χ2n) is 16.9. The first-order valence-corrected chi connectivity index (χ1v) is 21.5. The molecule has 4 aliphatic carbocycles. The van der Waals surface area contributed by atoms with Gasteiger partial charge in [-0.15, -0.1) is 0 Å². The first kappa shape index (κ1) is 39.8. The molecule has 0 aromatic heterocycles. The third-order valence-corrected chi connectivity index (χ3v) is 13.6. The summed E-state index contributed by atoms with van der Waals surface area (Å²) in [7, 11) is 0. The molecule has 3 amide bonds. The van der Waals surface area contributed by atoms with E-state index in [0.29, 0.717) is 76.4 Å². The standard InChI is InChI=1S/C42H69N3O7/c1-2-36(29-7-4-3-5-8-29)40(30-9-14-34(46)15-10-30)31-11-16-35(17-12-31)52-26-25-51-24-23-50-22-6-21-43-33-13-18-37-32(27-33)28-45(42(37)49)38-19-20-39(47)44-41(38)48/h29-35,37-38,43,46H,2-28H2,1H3,(H,44,47,48)/b40-36-. The molecule has 0 aromatic carbocycles. The predicted octanol–water partition coefficient (Wildman–Crippen LogP) is 5.85. The highest BCUT2D eigenvalue weighted by atomic mass is 16.5. The largest absolute Gasteiger partial charge is 0.393 e. The molecule has 6 fully saturated rings. The van der Waals surface area contributed by atoms with E-state index in [1.165, 1.54) is 64.2 Å². The summed E-state index contributed by atoms with van der Waals surface area (Å²) in [5.41, 5.74) is 3.64. The number of carbonyl (C=O) groups excluding carboxylic acids is 3. The Morgan fingerprint density at radius 3 is 2.19 bits per heavy atom. The summed E-state index contributed by atoms with van der Waals surface area (Å²) >= 11 is 0. The topological polar surface area (TPSA) is 126 Å². The molecule has 6 aliphatic rings. The minimum atomic E-state index is -0.495. The molecule has 4 saturated carbocycles. The smallest absolute Gasteiger partial charge is 0.249 e. The summed E-state index contributed by atoms with van der Waals surface area (Å²) in [6.07, 6.45) is 21.9. The number of piperidine rings is 1. The number of fused-ring (bicyclic) bond motifs is 1. The third kappa shape index (κ3) is 10.7. The van der Waals surface area contributed by atoms with E-state index in [1.807, 2.05) is 11.1 Å². The molecular weight excluding hydrogens is 658 g/mol. The average Bonchev–Trinajstić information content (AvgIpc) is 3.48. The van der Waals surface area contributed by atoms with Crippen molar-refractivity contribution in [1.29, 1.82) is 0 Å². The van der Waals surface area contributed by atoms with Gasteiger partial charge in [-0.05, 0) is 133 Å². The van der Waals surface area contributed by atoms with E-state index in [0.717, 1.165) is 63.8 Å². The van der Waals surface area contributed by atoms with Gasteiger partial charge in [-0.2, -0.15) is 0 Å². The van der Waals surface area contributed by atoms with E-state index >= 15 is 0 Å². The Labute approximate surface area is 312 Å². The Kier molecular flexibility index (Phi) is 15.5. The normalized spacial score (nSPS) is 33.9. The lowest BCUT2D eigenvalue weighted by Crippen LogP contribution is -2.53. The summed E-state index contributed by atoms with van der Waals surface area (Å²) in [4.78, 5) is 38.7. The van der Waals surface area contributed by atoms with Crippen molar-refractivity contribution in [3.63, 3.8) is 0 Å². The van der Waals surface area contributed by atoms with Crippen LogP contribution in [0.25, 0.3) is 0 Å². The molecule has 52 heavy (non-hydrogen) atoms. The van der Waals surface area contributed by atoms with Gasteiger partial charge < -0.3 is 29.5 Å². The van der Waals surface area contributed by atoms with Crippen LogP contribution in [0.15, 0.2) is 11.1 Å². The van der Waals surface area contributed by atoms with Gasteiger partial charge in [-0.1, -0.05) is 37.3 Å². The number of hydrogen-bond acceptors (Lipinski definition) is 8. The van der Waals surface area contributed by atoms with Crippen molar-refractivity contribution in [3.8, 4) is 0 Å². The van der Waals surface area contributed by atoms with E-state index in [1.54, 1.807) is 4.90 Å². The van der Waals surface area contributed by atoms with E-state index in [9.17, 15) is 19.5 Å². The molecule has 2 aliphatic heterocycles. The van der Waals surface area contributed by atoms with Crippen LogP contribution in [0.1, 0.15) is 135 Å². The number of allylic oxidation sites excluding steroid dienone is 2. The van der Waals surface area contributed by atoms with E-state index in [4.69, 9.17) is 14.2 Å². The molecule has 294 valence electrons. The van der Waals surface area contributed by atoms with Gasteiger partial charge in [-0.25, -0.2) is 0 Å². The lowest BCUT2D eigenvalue weighted by molar-refractivity contribution is -0.144. The first-order chi connectivity index (χ1) is 25.4. The maximum atomic E-state index is 13.0. The fourth-order valence-corrected chi connectivity index (χ4v) is 10.8. The van der Waals surface area contributed by atoms with Crippen LogP contribution >= 0.6 is 0 Å². The highest BCUT2D eigenvalue weighted by Crippen LogP contribution is 2.46. The predicted molar refractivity (Wildman–Crippen MR) is 200 cm³/mol. The van der Waals surface area contributed by atoms with Crippen molar-refractivity contribution in [3.05, 3.63) is 11.1 Å². The van der Waals surface area contributed by atoms with Crippen molar-refractivity contribution < 1.29 is 33.7 Å². The number of carbonyl (C=O) groups is 3. The van der Waals surface area contributed by atoms with Crippen molar-refractivity contribution in [2.75, 3.05) is 46.1 Å². The summed E-state index contributed by atoms with van der Waals surface area (Å²) in [6, 6.07) is -0.110. The van der Waals surface area contributed by atoms with Gasteiger partial charge in [0, 0.05) is 31.5 Å². The number of aliphatic hydroxyl groups is 1. The third-order valence-electron chi connectivity index (χ3n) is 13.6. The van der Waals surface area contributed by atoms with Crippen LogP contribution in [0.3, 0.4) is 0 Å². The average molecular weight is 728 g/mol. The van der Waals surface area contributed by atoms with E-state index in [2.05, 4.69) is 17.6 Å². The number of nitrogens with zero attached hydrogens (tertiary/aromatic N) is 1. The molecule has 4 unspecified atom stereocenters. The van der Waals surface area contributed by atoms with E-state index < -0.39 is 6.04 Å². The zero-order chi connectivity index (χ0) is 36.3. The van der Waals surface area contributed by atoms with Gasteiger partial charge >= 0.3 is 0 Å². The highest BCUT2D eigenvalue weighted by Gasteiger charge is 2.48. The summed E-state index contributed by atoms with van der Waals surface area (Å²) in [5.74, 6) is 1.99.